The summed E-state index contributed by atoms with van der Waals surface area (Å²) in [5, 5.41) is 34.0. The maximum Gasteiger partial charge on any atom is 3.00 e. The van der Waals surface area contributed by atoms with Gasteiger partial charge in [-0.15, -0.1) is 23.2 Å². The van der Waals surface area contributed by atoms with E-state index in [1.165, 1.54) is 14.2 Å². The van der Waals surface area contributed by atoms with Crippen LogP contribution in [0.25, 0.3) is 0 Å². The number of carboxylic acid groups (broad SMARTS) is 1. The molecule has 0 saturated heterocycles. The summed E-state index contributed by atoms with van der Waals surface area (Å²) in [5.41, 5.74) is 0.297. The van der Waals surface area contributed by atoms with Gasteiger partial charge in [0.1, 0.15) is 11.5 Å². The summed E-state index contributed by atoms with van der Waals surface area (Å²) in [7, 11) is 2.93. The van der Waals surface area contributed by atoms with Crippen LogP contribution in [0.3, 0.4) is 0 Å². The number of nitrogens with zero attached hydrogens (tertiary/aromatic N) is 2. The third-order valence-electron chi connectivity index (χ3n) is 4.11. The molecular weight excluding hydrogens is 550 g/mol. The summed E-state index contributed by atoms with van der Waals surface area (Å²) in [6.07, 6.45) is 3.81. The molecule has 198 valence electrons. The van der Waals surface area contributed by atoms with Crippen LogP contribution in [0.5, 0.6) is 23.0 Å². The Morgan fingerprint density at radius 1 is 0.889 bits per heavy atom. The molecule has 11 heteroatoms. The van der Waals surface area contributed by atoms with Crippen molar-refractivity contribution in [1.82, 2.24) is 0 Å². The number of aliphatic carboxylic acids is 1. The molecule has 0 saturated carbocycles. The molecule has 0 aromatic heterocycles. The van der Waals surface area contributed by atoms with Crippen molar-refractivity contribution < 1.29 is 46.7 Å². The van der Waals surface area contributed by atoms with Crippen LogP contribution in [-0.2, 0) is 21.9 Å². The first kappa shape index (κ1) is 35.7. The number of para-hydroxylation sites is 2. The zero-order chi connectivity index (χ0) is 26.9. The molecule has 0 aliphatic heterocycles. The fraction of sp³-hybridized carbons (Fsp3) is 0.400. The van der Waals surface area contributed by atoms with Crippen molar-refractivity contribution in [2.75, 3.05) is 32.6 Å². The van der Waals surface area contributed by atoms with Crippen molar-refractivity contribution in [2.24, 2.45) is 15.4 Å². The number of methoxy groups -OCH3 is 2. The van der Waals surface area contributed by atoms with Gasteiger partial charge < -0.3 is 29.6 Å². The van der Waals surface area contributed by atoms with Crippen molar-refractivity contribution in [3.8, 4) is 23.0 Å². The Morgan fingerprint density at radius 2 is 1.22 bits per heavy atom. The minimum absolute atomic E-state index is 0. The van der Waals surface area contributed by atoms with Crippen LogP contribution < -0.4 is 24.8 Å². The Balaban J connectivity index is 0. The number of rotatable bonds is 8. The molecule has 0 fully saturated rings. The van der Waals surface area contributed by atoms with E-state index in [9.17, 15) is 20.1 Å². The van der Waals surface area contributed by atoms with E-state index < -0.39 is 11.4 Å². The number of hydrogen-bond donors (Lipinski definition) is 0. The van der Waals surface area contributed by atoms with Gasteiger partial charge in [0.2, 0.25) is 0 Å². The Labute approximate surface area is 233 Å². The van der Waals surface area contributed by atoms with Gasteiger partial charge in [0.15, 0.2) is 0 Å². The topological polar surface area (TPSA) is 129 Å². The molecule has 0 aliphatic rings. The second-order valence-electron chi connectivity index (χ2n) is 7.82. The largest absolute Gasteiger partial charge is 3.00 e. The van der Waals surface area contributed by atoms with Crippen LogP contribution in [-0.4, -0.2) is 51.0 Å². The molecule has 0 atom stereocenters. The number of carboxylic acids is 1. The molecule has 8 nitrogen and oxygen atoms in total. The first-order valence-electron chi connectivity index (χ1n) is 10.5. The third kappa shape index (κ3) is 14.2. The fourth-order valence-electron chi connectivity index (χ4n) is 2.17. The number of alkyl halides is 2. The van der Waals surface area contributed by atoms with E-state index in [2.05, 4.69) is 9.98 Å². The van der Waals surface area contributed by atoms with Crippen molar-refractivity contribution >= 4 is 41.6 Å². The zero-order valence-corrected chi connectivity index (χ0v) is 23.6. The first-order valence-corrected chi connectivity index (χ1v) is 11.6. The summed E-state index contributed by atoms with van der Waals surface area (Å²) >= 11 is 9.53. The van der Waals surface area contributed by atoms with Crippen LogP contribution in [0, 0.1) is 5.41 Å². The molecule has 0 bridgehead atoms. The Morgan fingerprint density at radius 3 is 1.50 bits per heavy atom. The second-order valence-corrected chi connectivity index (χ2v) is 8.63. The number of ether oxygens (including phenoxy) is 2. The predicted molar refractivity (Wildman–Crippen MR) is 135 cm³/mol. The molecule has 0 radical (unpaired) electrons. The molecule has 36 heavy (non-hydrogen) atoms. The van der Waals surface area contributed by atoms with Crippen LogP contribution in [0.4, 0.5) is 0 Å². The van der Waals surface area contributed by atoms with Crippen molar-refractivity contribution in [3.63, 3.8) is 0 Å². The molecule has 0 spiro atoms. The summed E-state index contributed by atoms with van der Waals surface area (Å²) in [4.78, 5) is 18.4. The molecule has 0 heterocycles. The SMILES string of the molecule is CC(C)(C)C(=O)[O-].COc1cccc(C=NCCCN=Cc2cccc(OC)c2[O-])c1[O-].ClCCl.[Mn+3]. The number of benzene rings is 2. The molecule has 2 rings (SSSR count). The van der Waals surface area contributed by atoms with Gasteiger partial charge in [-0.05, 0) is 29.7 Å². The normalized spacial score (nSPS) is 10.5. The molecule has 2 aromatic rings. The van der Waals surface area contributed by atoms with Gasteiger partial charge in [-0.25, -0.2) is 0 Å². The van der Waals surface area contributed by atoms with Crippen LogP contribution >= 0.6 is 23.2 Å². The van der Waals surface area contributed by atoms with E-state index in [-0.39, 0.29) is 33.9 Å². The summed E-state index contributed by atoms with van der Waals surface area (Å²) in [5.74, 6) is -0.742. The van der Waals surface area contributed by atoms with Crippen LogP contribution in [0.15, 0.2) is 46.4 Å². The number of halogens is 2. The van der Waals surface area contributed by atoms with Gasteiger partial charge in [0, 0.05) is 36.9 Å². The van der Waals surface area contributed by atoms with E-state index in [1.54, 1.807) is 69.6 Å². The maximum atomic E-state index is 11.9. The van der Waals surface area contributed by atoms with Gasteiger partial charge in [-0.3, -0.25) is 9.98 Å². The van der Waals surface area contributed by atoms with Crippen molar-refractivity contribution in [2.45, 2.75) is 27.2 Å². The minimum atomic E-state index is -1.01. The average molecular weight is 581 g/mol. The van der Waals surface area contributed by atoms with Gasteiger partial charge in [-0.1, -0.05) is 56.5 Å². The summed E-state index contributed by atoms with van der Waals surface area (Å²) < 4.78 is 9.97. The molecule has 0 unspecified atom stereocenters. The minimum Gasteiger partial charge on any atom is -0.870 e. The van der Waals surface area contributed by atoms with E-state index in [0.717, 1.165) is 0 Å². The molecule has 2 aromatic carbocycles. The predicted octanol–water partition coefficient (Wildman–Crippen LogP) is 2.98. The number of carbonyl (C=O) groups is 1. The molecule has 0 N–H and O–H groups in total. The van der Waals surface area contributed by atoms with Gasteiger partial charge >= 0.3 is 17.1 Å². The van der Waals surface area contributed by atoms with E-state index in [4.69, 9.17) is 32.7 Å². The van der Waals surface area contributed by atoms with Gasteiger partial charge in [0.05, 0.1) is 19.6 Å². The standard InChI is InChI=1S/C19H22N2O4.C5H10O2.CH2Cl2.Mn/c1-24-16-8-3-6-14(18(16)22)12-20-10-5-11-21-13-15-7-4-9-17(25-2)19(15)23;1-5(2,3)4(6)7;2-1-3;/h3-4,6-9,12-13,22-23H,5,10-11H2,1-2H3;1-3H3,(H,6,7);1H2;/q;;;+3/p-3. The Kier molecular flexibility index (Phi) is 19.5. The average Bonchev–Trinajstić information content (AvgIpc) is 2.80. The number of carbonyl (C=O) groups excluding carboxylic acids is 1. The van der Waals surface area contributed by atoms with E-state index in [0.29, 0.717) is 42.1 Å². The fourth-order valence-corrected chi connectivity index (χ4v) is 2.17. The van der Waals surface area contributed by atoms with Gasteiger partial charge in [-0.2, -0.15) is 0 Å². The summed E-state index contributed by atoms with van der Waals surface area (Å²) in [6, 6.07) is 10.1. The third-order valence-corrected chi connectivity index (χ3v) is 4.11. The van der Waals surface area contributed by atoms with E-state index >= 15 is 0 Å². The molecule has 0 aliphatic carbocycles. The number of hydrogen-bond acceptors (Lipinski definition) is 8. The zero-order valence-electron chi connectivity index (χ0n) is 20.9. The number of aliphatic imine (C=N–C) groups is 2. The molecule has 0 amide bonds. The van der Waals surface area contributed by atoms with E-state index in [1.807, 2.05) is 0 Å². The quantitative estimate of drug-likeness (QED) is 0.204. The monoisotopic (exact) mass is 580 g/mol. The first-order chi connectivity index (χ1) is 16.5. The van der Waals surface area contributed by atoms with Crippen molar-refractivity contribution in [3.05, 3.63) is 47.5 Å². The summed E-state index contributed by atoms with van der Waals surface area (Å²) in [6.45, 7) is 5.87. The maximum absolute atomic E-state index is 11.9. The Hall–Kier alpha value is -2.45. The van der Waals surface area contributed by atoms with Crippen molar-refractivity contribution in [1.29, 1.82) is 0 Å². The molecular formula is C25H31Cl2MnN2O6. The van der Waals surface area contributed by atoms with Crippen LogP contribution in [0.1, 0.15) is 38.3 Å². The van der Waals surface area contributed by atoms with Gasteiger partial charge in [0.25, 0.3) is 0 Å². The van der Waals surface area contributed by atoms with Crippen LogP contribution in [0.2, 0.25) is 0 Å². The second kappa shape index (κ2) is 19.7. The smallest absolute Gasteiger partial charge is 0.870 e. The Bertz CT molecular complexity index is 903.